The molecule has 5 heteroatoms. The molecular weight excluding hydrogens is 264 g/mol. The van der Waals surface area contributed by atoms with Crippen LogP contribution >= 0.6 is 0 Å². The number of carbonyl (C=O) groups is 1. The minimum absolute atomic E-state index is 0.000284. The third-order valence-corrected chi connectivity index (χ3v) is 4.29. The SMILES string of the molecule is C[C@@H]1CC(=O)NN=C1c1ccc(N2CCN(C)CC2)cc1. The molecule has 2 heterocycles. The van der Waals surface area contributed by atoms with E-state index in [-0.39, 0.29) is 11.8 Å². The number of benzene rings is 1. The molecule has 5 nitrogen and oxygen atoms in total. The average Bonchev–Trinajstić information content (AvgIpc) is 2.48. The summed E-state index contributed by atoms with van der Waals surface area (Å²) in [4.78, 5) is 16.1. The Labute approximate surface area is 125 Å². The number of hydrazone groups is 1. The van der Waals surface area contributed by atoms with Gasteiger partial charge in [0.15, 0.2) is 0 Å². The van der Waals surface area contributed by atoms with Crippen LogP contribution in [0, 0.1) is 5.92 Å². The summed E-state index contributed by atoms with van der Waals surface area (Å²) >= 11 is 0. The van der Waals surface area contributed by atoms with Crippen LogP contribution in [-0.2, 0) is 4.79 Å². The van der Waals surface area contributed by atoms with Gasteiger partial charge in [0.05, 0.1) is 5.71 Å². The second kappa shape index (κ2) is 5.85. The van der Waals surface area contributed by atoms with Gasteiger partial charge in [0.2, 0.25) is 5.91 Å². The monoisotopic (exact) mass is 286 g/mol. The number of rotatable bonds is 2. The molecule has 1 fully saturated rings. The van der Waals surface area contributed by atoms with E-state index < -0.39 is 0 Å². The average molecular weight is 286 g/mol. The molecule has 0 aromatic heterocycles. The largest absolute Gasteiger partial charge is 0.369 e. The van der Waals surface area contributed by atoms with E-state index >= 15 is 0 Å². The van der Waals surface area contributed by atoms with Gasteiger partial charge in [-0.25, -0.2) is 5.43 Å². The summed E-state index contributed by atoms with van der Waals surface area (Å²) in [6.07, 6.45) is 0.513. The van der Waals surface area contributed by atoms with Gasteiger partial charge in [-0.3, -0.25) is 4.79 Å². The van der Waals surface area contributed by atoms with Crippen molar-refractivity contribution in [2.75, 3.05) is 38.1 Å². The highest BCUT2D eigenvalue weighted by Gasteiger charge is 2.22. The summed E-state index contributed by atoms with van der Waals surface area (Å²) in [6.45, 7) is 6.41. The third-order valence-electron chi connectivity index (χ3n) is 4.29. The number of hydrogen-bond donors (Lipinski definition) is 1. The minimum Gasteiger partial charge on any atom is -0.369 e. The van der Waals surface area contributed by atoms with Gasteiger partial charge in [-0.2, -0.15) is 5.10 Å². The zero-order valence-corrected chi connectivity index (χ0v) is 12.7. The van der Waals surface area contributed by atoms with Crippen LogP contribution in [0.2, 0.25) is 0 Å². The van der Waals surface area contributed by atoms with Crippen LogP contribution in [0.5, 0.6) is 0 Å². The van der Waals surface area contributed by atoms with Gasteiger partial charge in [-0.15, -0.1) is 0 Å². The van der Waals surface area contributed by atoms with Crippen LogP contribution in [0.15, 0.2) is 29.4 Å². The maximum Gasteiger partial charge on any atom is 0.240 e. The fourth-order valence-electron chi connectivity index (χ4n) is 2.91. The Kier molecular flexibility index (Phi) is 3.92. The normalized spacial score (nSPS) is 23.7. The van der Waals surface area contributed by atoms with Crippen molar-refractivity contribution in [3.8, 4) is 0 Å². The highest BCUT2D eigenvalue weighted by molar-refractivity contribution is 6.05. The van der Waals surface area contributed by atoms with E-state index in [9.17, 15) is 4.79 Å². The Hall–Kier alpha value is -1.88. The molecule has 0 spiro atoms. The van der Waals surface area contributed by atoms with Gasteiger partial charge in [-0.05, 0) is 24.7 Å². The zero-order valence-electron chi connectivity index (χ0n) is 12.7. The molecule has 1 atom stereocenters. The maximum atomic E-state index is 11.3. The van der Waals surface area contributed by atoms with Crippen molar-refractivity contribution in [2.45, 2.75) is 13.3 Å². The summed E-state index contributed by atoms with van der Waals surface area (Å²) in [7, 11) is 2.16. The lowest BCUT2D eigenvalue weighted by Gasteiger charge is -2.34. The Bertz CT molecular complexity index is 544. The molecule has 2 aliphatic heterocycles. The summed E-state index contributed by atoms with van der Waals surface area (Å²) in [5.41, 5.74) is 5.91. The van der Waals surface area contributed by atoms with E-state index in [1.165, 1.54) is 5.69 Å². The van der Waals surface area contributed by atoms with Crippen LogP contribution in [0.25, 0.3) is 0 Å². The number of carbonyl (C=O) groups excluding carboxylic acids is 1. The van der Waals surface area contributed by atoms with Crippen LogP contribution in [-0.4, -0.2) is 49.7 Å². The van der Waals surface area contributed by atoms with E-state index in [1.807, 2.05) is 6.92 Å². The molecule has 0 bridgehead atoms. The topological polar surface area (TPSA) is 47.9 Å². The van der Waals surface area contributed by atoms with E-state index in [4.69, 9.17) is 0 Å². The van der Waals surface area contributed by atoms with Crippen molar-refractivity contribution >= 4 is 17.3 Å². The standard InChI is InChI=1S/C16H22N4O/c1-12-11-15(21)17-18-16(12)13-3-5-14(6-4-13)20-9-7-19(2)8-10-20/h3-6,12H,7-11H2,1-2H3,(H,17,21)/t12-/m1/s1. The van der Waals surface area contributed by atoms with Gasteiger partial charge < -0.3 is 9.80 Å². The van der Waals surface area contributed by atoms with E-state index in [0.29, 0.717) is 6.42 Å². The van der Waals surface area contributed by atoms with Gasteiger partial charge in [0.1, 0.15) is 0 Å². The first-order valence-electron chi connectivity index (χ1n) is 7.54. The van der Waals surface area contributed by atoms with Gasteiger partial charge in [0, 0.05) is 44.2 Å². The van der Waals surface area contributed by atoms with Crippen molar-refractivity contribution in [2.24, 2.45) is 11.0 Å². The van der Waals surface area contributed by atoms with Crippen LogP contribution < -0.4 is 10.3 Å². The second-order valence-corrected chi connectivity index (χ2v) is 5.97. The van der Waals surface area contributed by atoms with Crippen molar-refractivity contribution in [3.05, 3.63) is 29.8 Å². The van der Waals surface area contributed by atoms with Gasteiger partial charge >= 0.3 is 0 Å². The third kappa shape index (κ3) is 3.08. The molecule has 1 saturated heterocycles. The Balaban J connectivity index is 1.74. The Morgan fingerprint density at radius 2 is 1.81 bits per heavy atom. The highest BCUT2D eigenvalue weighted by Crippen LogP contribution is 2.21. The predicted molar refractivity (Wildman–Crippen MR) is 84.6 cm³/mol. The van der Waals surface area contributed by atoms with Crippen molar-refractivity contribution in [1.82, 2.24) is 10.3 Å². The van der Waals surface area contributed by atoms with Gasteiger partial charge in [-0.1, -0.05) is 19.1 Å². The minimum atomic E-state index is 0.000284. The number of piperazine rings is 1. The molecule has 1 aromatic carbocycles. The number of hydrogen-bond acceptors (Lipinski definition) is 4. The quantitative estimate of drug-likeness (QED) is 0.891. The molecule has 3 rings (SSSR count). The second-order valence-electron chi connectivity index (χ2n) is 5.97. The van der Waals surface area contributed by atoms with E-state index in [1.54, 1.807) is 0 Å². The lowest BCUT2D eigenvalue weighted by atomic mass is 9.94. The lowest BCUT2D eigenvalue weighted by molar-refractivity contribution is -0.121. The molecule has 0 saturated carbocycles. The first kappa shape index (κ1) is 14.1. The molecule has 1 amide bonds. The van der Waals surface area contributed by atoms with Crippen molar-refractivity contribution in [1.29, 1.82) is 0 Å². The van der Waals surface area contributed by atoms with Crippen LogP contribution in [0.4, 0.5) is 5.69 Å². The van der Waals surface area contributed by atoms with Gasteiger partial charge in [0.25, 0.3) is 0 Å². The molecule has 21 heavy (non-hydrogen) atoms. The first-order chi connectivity index (χ1) is 10.1. The van der Waals surface area contributed by atoms with E-state index in [2.05, 4.69) is 51.6 Å². The fourth-order valence-corrected chi connectivity index (χ4v) is 2.91. The molecule has 0 radical (unpaired) electrons. The molecular formula is C16H22N4O. The van der Waals surface area contributed by atoms with E-state index in [0.717, 1.165) is 37.5 Å². The summed E-state index contributed by atoms with van der Waals surface area (Å²) in [5.74, 6) is 0.175. The first-order valence-corrected chi connectivity index (χ1v) is 7.54. The molecule has 1 aromatic rings. The number of amides is 1. The maximum absolute atomic E-state index is 11.3. The fraction of sp³-hybridized carbons (Fsp3) is 0.500. The number of nitrogens with zero attached hydrogens (tertiary/aromatic N) is 3. The van der Waals surface area contributed by atoms with Crippen LogP contribution in [0.1, 0.15) is 18.9 Å². The van der Waals surface area contributed by atoms with Crippen molar-refractivity contribution < 1.29 is 4.79 Å². The number of anilines is 1. The molecule has 112 valence electrons. The summed E-state index contributed by atoms with van der Waals surface area (Å²) < 4.78 is 0. The molecule has 0 aliphatic carbocycles. The molecule has 1 N–H and O–H groups in total. The molecule has 2 aliphatic rings. The van der Waals surface area contributed by atoms with Crippen LogP contribution in [0.3, 0.4) is 0 Å². The smallest absolute Gasteiger partial charge is 0.240 e. The highest BCUT2D eigenvalue weighted by atomic mass is 16.2. The van der Waals surface area contributed by atoms with Crippen molar-refractivity contribution in [3.63, 3.8) is 0 Å². The number of likely N-dealkylation sites (N-methyl/N-ethyl adjacent to an activating group) is 1. The Morgan fingerprint density at radius 3 is 2.43 bits per heavy atom. The predicted octanol–water partition coefficient (Wildman–Crippen LogP) is 1.30. The summed E-state index contributed by atoms with van der Waals surface area (Å²) in [5, 5.41) is 4.21. The zero-order chi connectivity index (χ0) is 14.8. The Morgan fingerprint density at radius 1 is 1.14 bits per heavy atom. The number of nitrogens with one attached hydrogen (secondary N) is 1. The lowest BCUT2D eigenvalue weighted by Crippen LogP contribution is -2.44. The molecule has 0 unspecified atom stereocenters. The summed E-state index contributed by atoms with van der Waals surface area (Å²) in [6, 6.07) is 8.54.